The SMILES string of the molecule is CSc1ccc(S(=O)(=O)N2CCC[C@H](C)C2)cc1NC(=O)C(C)C. The number of nitrogens with zero attached hydrogens (tertiary/aromatic N) is 1. The van der Waals surface area contributed by atoms with E-state index < -0.39 is 10.0 Å². The van der Waals surface area contributed by atoms with Crippen LogP contribution >= 0.6 is 11.8 Å². The van der Waals surface area contributed by atoms with Crippen LogP contribution in [0.25, 0.3) is 0 Å². The Bertz CT molecular complexity index is 702. The van der Waals surface area contributed by atoms with E-state index in [1.54, 1.807) is 22.5 Å². The predicted octanol–water partition coefficient (Wildman–Crippen LogP) is 3.42. The van der Waals surface area contributed by atoms with Gasteiger partial charge >= 0.3 is 0 Å². The summed E-state index contributed by atoms with van der Waals surface area (Å²) in [5.74, 6) is 0.0912. The zero-order valence-corrected chi connectivity index (χ0v) is 16.3. The van der Waals surface area contributed by atoms with E-state index in [-0.39, 0.29) is 16.7 Å². The summed E-state index contributed by atoms with van der Waals surface area (Å²) >= 11 is 1.48. The summed E-state index contributed by atoms with van der Waals surface area (Å²) < 4.78 is 27.4. The van der Waals surface area contributed by atoms with Crippen molar-refractivity contribution in [1.82, 2.24) is 4.31 Å². The average molecular weight is 371 g/mol. The van der Waals surface area contributed by atoms with Crippen LogP contribution in [0.3, 0.4) is 0 Å². The fourth-order valence-corrected chi connectivity index (χ4v) is 4.90. The lowest BCUT2D eigenvalue weighted by Gasteiger charge is -2.30. The number of carbonyl (C=O) groups excluding carboxylic acids is 1. The van der Waals surface area contributed by atoms with Crippen molar-refractivity contribution in [3.63, 3.8) is 0 Å². The zero-order valence-electron chi connectivity index (χ0n) is 14.7. The molecule has 1 aromatic rings. The second-order valence-corrected chi connectivity index (χ2v) is 9.40. The summed E-state index contributed by atoms with van der Waals surface area (Å²) in [6.07, 6.45) is 3.86. The molecule has 1 N–H and O–H groups in total. The first-order chi connectivity index (χ1) is 11.3. The number of amides is 1. The Labute approximate surface area is 149 Å². The number of nitrogens with one attached hydrogen (secondary N) is 1. The molecule has 1 aromatic carbocycles. The Morgan fingerprint density at radius 1 is 1.38 bits per heavy atom. The van der Waals surface area contributed by atoms with Gasteiger partial charge < -0.3 is 5.32 Å². The third kappa shape index (κ3) is 4.32. The largest absolute Gasteiger partial charge is 0.325 e. The second-order valence-electron chi connectivity index (χ2n) is 6.62. The maximum absolute atomic E-state index is 12.9. The first-order valence-electron chi connectivity index (χ1n) is 8.24. The number of benzene rings is 1. The Morgan fingerprint density at radius 3 is 2.67 bits per heavy atom. The third-order valence-corrected chi connectivity index (χ3v) is 6.87. The van der Waals surface area contributed by atoms with Gasteiger partial charge in [-0.2, -0.15) is 4.31 Å². The number of sulfonamides is 1. The molecule has 1 amide bonds. The van der Waals surface area contributed by atoms with Gasteiger partial charge in [-0.1, -0.05) is 20.8 Å². The Kier molecular flexibility index (Phi) is 6.33. The van der Waals surface area contributed by atoms with Crippen molar-refractivity contribution < 1.29 is 13.2 Å². The molecule has 5 nitrogen and oxygen atoms in total. The van der Waals surface area contributed by atoms with Crippen LogP contribution in [-0.2, 0) is 14.8 Å². The first-order valence-corrected chi connectivity index (χ1v) is 10.9. The fraction of sp³-hybridized carbons (Fsp3) is 0.588. The topological polar surface area (TPSA) is 66.5 Å². The highest BCUT2D eigenvalue weighted by molar-refractivity contribution is 7.98. The predicted molar refractivity (Wildman–Crippen MR) is 98.8 cm³/mol. The van der Waals surface area contributed by atoms with Gasteiger partial charge in [0.25, 0.3) is 0 Å². The minimum absolute atomic E-state index is 0.119. The smallest absolute Gasteiger partial charge is 0.243 e. The van der Waals surface area contributed by atoms with Crippen LogP contribution in [0.1, 0.15) is 33.6 Å². The van der Waals surface area contributed by atoms with Crippen molar-refractivity contribution in [2.75, 3.05) is 24.7 Å². The maximum Gasteiger partial charge on any atom is 0.243 e. The van der Waals surface area contributed by atoms with E-state index >= 15 is 0 Å². The first kappa shape index (κ1) is 19.3. The van der Waals surface area contributed by atoms with Crippen LogP contribution < -0.4 is 5.32 Å². The van der Waals surface area contributed by atoms with E-state index in [9.17, 15) is 13.2 Å². The molecule has 0 saturated carbocycles. The molecule has 0 aliphatic carbocycles. The van der Waals surface area contributed by atoms with Gasteiger partial charge in [0.05, 0.1) is 10.6 Å². The quantitative estimate of drug-likeness (QED) is 0.807. The molecular weight excluding hydrogens is 344 g/mol. The van der Waals surface area contributed by atoms with E-state index in [1.165, 1.54) is 11.8 Å². The number of carbonyl (C=O) groups is 1. The minimum atomic E-state index is -3.53. The molecule has 0 radical (unpaired) electrons. The second kappa shape index (κ2) is 7.89. The monoisotopic (exact) mass is 370 g/mol. The lowest BCUT2D eigenvalue weighted by atomic mass is 10.0. The maximum atomic E-state index is 12.9. The molecule has 2 rings (SSSR count). The van der Waals surface area contributed by atoms with E-state index in [0.717, 1.165) is 17.7 Å². The average Bonchev–Trinajstić information content (AvgIpc) is 2.54. The van der Waals surface area contributed by atoms with E-state index in [2.05, 4.69) is 12.2 Å². The molecule has 1 heterocycles. The molecule has 0 spiro atoms. The number of thioether (sulfide) groups is 1. The third-order valence-electron chi connectivity index (χ3n) is 4.21. The van der Waals surface area contributed by atoms with Crippen LogP contribution in [0.4, 0.5) is 5.69 Å². The van der Waals surface area contributed by atoms with Crippen LogP contribution in [0.2, 0.25) is 0 Å². The summed E-state index contributed by atoms with van der Waals surface area (Å²) in [6.45, 7) is 6.81. The normalized spacial score (nSPS) is 19.5. The van der Waals surface area contributed by atoms with Gasteiger partial charge in [-0.25, -0.2) is 8.42 Å². The Balaban J connectivity index is 2.34. The van der Waals surface area contributed by atoms with Crippen molar-refractivity contribution in [3.8, 4) is 0 Å². The Morgan fingerprint density at radius 2 is 2.08 bits per heavy atom. The molecule has 0 aromatic heterocycles. The van der Waals surface area contributed by atoms with Crippen LogP contribution in [0, 0.1) is 11.8 Å². The summed E-state index contributed by atoms with van der Waals surface area (Å²) in [5.41, 5.74) is 0.562. The summed E-state index contributed by atoms with van der Waals surface area (Å²) in [5, 5.41) is 2.84. The zero-order chi connectivity index (χ0) is 17.9. The summed E-state index contributed by atoms with van der Waals surface area (Å²) in [6, 6.07) is 4.98. The molecule has 1 atom stereocenters. The van der Waals surface area contributed by atoms with Gasteiger partial charge in [-0.3, -0.25) is 4.79 Å². The number of hydrogen-bond donors (Lipinski definition) is 1. The molecule has 1 aliphatic rings. The van der Waals surface area contributed by atoms with Crippen molar-refractivity contribution in [2.24, 2.45) is 11.8 Å². The van der Waals surface area contributed by atoms with Crippen molar-refractivity contribution in [3.05, 3.63) is 18.2 Å². The highest BCUT2D eigenvalue weighted by Gasteiger charge is 2.29. The number of rotatable bonds is 5. The molecule has 0 bridgehead atoms. The highest BCUT2D eigenvalue weighted by atomic mass is 32.2. The molecule has 0 unspecified atom stereocenters. The highest BCUT2D eigenvalue weighted by Crippen LogP contribution is 2.31. The van der Waals surface area contributed by atoms with Crippen LogP contribution in [-0.4, -0.2) is 38.0 Å². The number of anilines is 1. The molecule has 7 heteroatoms. The molecule has 24 heavy (non-hydrogen) atoms. The van der Waals surface area contributed by atoms with Crippen molar-refractivity contribution >= 4 is 33.4 Å². The molecule has 1 saturated heterocycles. The number of hydrogen-bond acceptors (Lipinski definition) is 4. The molecule has 1 aliphatic heterocycles. The minimum Gasteiger partial charge on any atom is -0.325 e. The van der Waals surface area contributed by atoms with Crippen molar-refractivity contribution in [1.29, 1.82) is 0 Å². The molecular formula is C17H26N2O3S2. The van der Waals surface area contributed by atoms with Crippen LogP contribution in [0.15, 0.2) is 28.0 Å². The standard InChI is InChI=1S/C17H26N2O3S2/c1-12(2)17(20)18-15-10-14(7-8-16(15)23-4)24(21,22)19-9-5-6-13(3)11-19/h7-8,10,12-13H,5-6,9,11H2,1-4H3,(H,18,20)/t13-/m0/s1. The van der Waals surface area contributed by atoms with Crippen LogP contribution in [0.5, 0.6) is 0 Å². The lowest BCUT2D eigenvalue weighted by Crippen LogP contribution is -2.39. The van der Waals surface area contributed by atoms with Gasteiger partial charge in [-0.05, 0) is 43.2 Å². The summed E-state index contributed by atoms with van der Waals surface area (Å²) in [4.78, 5) is 13.1. The fourth-order valence-electron chi connectivity index (χ4n) is 2.74. The van der Waals surface area contributed by atoms with Crippen molar-refractivity contribution in [2.45, 2.75) is 43.4 Å². The molecule has 1 fully saturated rings. The van der Waals surface area contributed by atoms with Gasteiger partial charge in [0.2, 0.25) is 15.9 Å². The lowest BCUT2D eigenvalue weighted by molar-refractivity contribution is -0.118. The van der Waals surface area contributed by atoms with Gasteiger partial charge in [0.1, 0.15) is 0 Å². The van der Waals surface area contributed by atoms with E-state index in [4.69, 9.17) is 0 Å². The van der Waals surface area contributed by atoms with Gasteiger partial charge in [0.15, 0.2) is 0 Å². The van der Waals surface area contributed by atoms with E-state index in [0.29, 0.717) is 24.7 Å². The molecule has 134 valence electrons. The van der Waals surface area contributed by atoms with Gasteiger partial charge in [0, 0.05) is 23.9 Å². The summed E-state index contributed by atoms with van der Waals surface area (Å²) in [7, 11) is -3.53. The Hall–Kier alpha value is -1.05. The van der Waals surface area contributed by atoms with E-state index in [1.807, 2.05) is 20.1 Å². The number of piperidine rings is 1. The van der Waals surface area contributed by atoms with Gasteiger partial charge in [-0.15, -0.1) is 11.8 Å².